The smallest absolute Gasteiger partial charge is 0.226 e. The number of carbonyl (C=O) groups excluding carboxylic acids is 1. The largest absolute Gasteiger partial charge is 0.352 e. The van der Waals surface area contributed by atoms with E-state index in [0.717, 1.165) is 36.5 Å². The van der Waals surface area contributed by atoms with Crippen LogP contribution in [0, 0.1) is 5.41 Å². The van der Waals surface area contributed by atoms with Crippen molar-refractivity contribution in [2.45, 2.75) is 39.2 Å². The molecular weight excluding hydrogens is 272 g/mol. The standard InChI is InChI=1S/C16H23ClN2O/c1-16(2,10-12-5-3-6-13(17)9-12)15(20)19-14-7-4-8-18-11-14/h3,5-6,9,14,18H,4,7-8,10-11H2,1-2H3,(H,19,20). The van der Waals surface area contributed by atoms with Gasteiger partial charge in [-0.1, -0.05) is 37.6 Å². The quantitative estimate of drug-likeness (QED) is 0.896. The van der Waals surface area contributed by atoms with E-state index in [9.17, 15) is 4.79 Å². The van der Waals surface area contributed by atoms with Crippen LogP contribution in [-0.2, 0) is 11.2 Å². The molecule has 0 bridgehead atoms. The van der Waals surface area contributed by atoms with E-state index < -0.39 is 5.41 Å². The molecule has 4 heteroatoms. The van der Waals surface area contributed by atoms with E-state index in [4.69, 9.17) is 11.6 Å². The van der Waals surface area contributed by atoms with E-state index in [0.29, 0.717) is 6.42 Å². The maximum absolute atomic E-state index is 12.5. The predicted molar refractivity (Wildman–Crippen MR) is 83.0 cm³/mol. The molecule has 1 fully saturated rings. The molecule has 0 saturated carbocycles. The molecule has 0 aromatic heterocycles. The van der Waals surface area contributed by atoms with Crippen LogP contribution in [0.2, 0.25) is 5.02 Å². The highest BCUT2D eigenvalue weighted by Gasteiger charge is 2.30. The molecule has 1 unspecified atom stereocenters. The molecule has 1 amide bonds. The summed E-state index contributed by atoms with van der Waals surface area (Å²) in [7, 11) is 0. The number of rotatable bonds is 4. The molecule has 1 aliphatic rings. The third-order valence-electron chi connectivity index (χ3n) is 3.78. The Hall–Kier alpha value is -1.06. The van der Waals surface area contributed by atoms with E-state index in [-0.39, 0.29) is 11.9 Å². The summed E-state index contributed by atoms with van der Waals surface area (Å²) in [6, 6.07) is 7.99. The van der Waals surface area contributed by atoms with Crippen LogP contribution >= 0.6 is 11.6 Å². The van der Waals surface area contributed by atoms with Gasteiger partial charge in [-0.25, -0.2) is 0 Å². The monoisotopic (exact) mass is 294 g/mol. The average molecular weight is 295 g/mol. The van der Waals surface area contributed by atoms with Gasteiger partial charge in [0.25, 0.3) is 0 Å². The molecule has 1 atom stereocenters. The molecule has 0 radical (unpaired) electrons. The summed E-state index contributed by atoms with van der Waals surface area (Å²) < 4.78 is 0. The molecule has 2 N–H and O–H groups in total. The second-order valence-electron chi connectivity index (χ2n) is 6.21. The predicted octanol–water partition coefficient (Wildman–Crippen LogP) is 2.78. The normalized spacial score (nSPS) is 19.6. The van der Waals surface area contributed by atoms with Crippen LogP contribution in [0.25, 0.3) is 0 Å². The number of piperidine rings is 1. The third-order valence-corrected chi connectivity index (χ3v) is 4.02. The molecule has 1 heterocycles. The maximum Gasteiger partial charge on any atom is 0.226 e. The molecule has 0 aliphatic carbocycles. The van der Waals surface area contributed by atoms with Crippen molar-refractivity contribution < 1.29 is 4.79 Å². The van der Waals surface area contributed by atoms with Gasteiger partial charge in [0.2, 0.25) is 5.91 Å². The van der Waals surface area contributed by atoms with Gasteiger partial charge in [-0.15, -0.1) is 0 Å². The number of nitrogens with one attached hydrogen (secondary N) is 2. The highest BCUT2D eigenvalue weighted by molar-refractivity contribution is 6.30. The Morgan fingerprint density at radius 3 is 2.95 bits per heavy atom. The Labute approximate surface area is 126 Å². The zero-order valence-corrected chi connectivity index (χ0v) is 13.0. The van der Waals surface area contributed by atoms with Gasteiger partial charge in [0.05, 0.1) is 0 Å². The summed E-state index contributed by atoms with van der Waals surface area (Å²) >= 11 is 6.00. The minimum absolute atomic E-state index is 0.117. The van der Waals surface area contributed by atoms with Crippen LogP contribution in [0.3, 0.4) is 0 Å². The van der Waals surface area contributed by atoms with Gasteiger partial charge in [0.15, 0.2) is 0 Å². The fraction of sp³-hybridized carbons (Fsp3) is 0.562. The lowest BCUT2D eigenvalue weighted by atomic mass is 9.84. The minimum atomic E-state index is -0.428. The van der Waals surface area contributed by atoms with E-state index in [1.54, 1.807) is 0 Å². The second-order valence-corrected chi connectivity index (χ2v) is 6.64. The van der Waals surface area contributed by atoms with Gasteiger partial charge in [0, 0.05) is 23.0 Å². The van der Waals surface area contributed by atoms with Gasteiger partial charge < -0.3 is 10.6 Å². The summed E-state index contributed by atoms with van der Waals surface area (Å²) in [6.07, 6.45) is 2.88. The van der Waals surface area contributed by atoms with Crippen molar-refractivity contribution in [3.8, 4) is 0 Å². The highest BCUT2D eigenvalue weighted by atomic mass is 35.5. The number of carbonyl (C=O) groups is 1. The third kappa shape index (κ3) is 4.22. The van der Waals surface area contributed by atoms with E-state index in [1.165, 1.54) is 0 Å². The second kappa shape index (κ2) is 6.59. The lowest BCUT2D eigenvalue weighted by Crippen LogP contribution is -2.50. The van der Waals surface area contributed by atoms with Crippen LogP contribution in [0.5, 0.6) is 0 Å². The van der Waals surface area contributed by atoms with Crippen molar-refractivity contribution >= 4 is 17.5 Å². The zero-order valence-electron chi connectivity index (χ0n) is 12.2. The number of halogens is 1. The number of amides is 1. The summed E-state index contributed by atoms with van der Waals surface area (Å²) in [6.45, 7) is 5.90. The highest BCUT2D eigenvalue weighted by Crippen LogP contribution is 2.24. The van der Waals surface area contributed by atoms with Crippen LogP contribution in [0.1, 0.15) is 32.3 Å². The van der Waals surface area contributed by atoms with Gasteiger partial charge in [-0.3, -0.25) is 4.79 Å². The van der Waals surface area contributed by atoms with Crippen molar-refractivity contribution in [1.29, 1.82) is 0 Å². The first kappa shape index (κ1) is 15.3. The Morgan fingerprint density at radius 1 is 1.50 bits per heavy atom. The minimum Gasteiger partial charge on any atom is -0.352 e. The number of benzene rings is 1. The van der Waals surface area contributed by atoms with Crippen molar-refractivity contribution in [3.05, 3.63) is 34.9 Å². The van der Waals surface area contributed by atoms with E-state index in [2.05, 4.69) is 10.6 Å². The fourth-order valence-corrected chi connectivity index (χ4v) is 2.81. The number of hydrogen-bond acceptors (Lipinski definition) is 2. The van der Waals surface area contributed by atoms with Gasteiger partial charge >= 0.3 is 0 Å². The first-order chi connectivity index (χ1) is 9.47. The first-order valence-electron chi connectivity index (χ1n) is 7.23. The summed E-state index contributed by atoms with van der Waals surface area (Å²) in [4.78, 5) is 12.5. The van der Waals surface area contributed by atoms with Crippen molar-refractivity contribution in [1.82, 2.24) is 10.6 Å². The zero-order chi connectivity index (χ0) is 14.6. The molecule has 2 rings (SSSR count). The Morgan fingerprint density at radius 2 is 2.30 bits per heavy atom. The molecule has 1 aliphatic heterocycles. The molecule has 1 aromatic carbocycles. The van der Waals surface area contributed by atoms with E-state index in [1.807, 2.05) is 38.1 Å². The molecular formula is C16H23ClN2O. The average Bonchev–Trinajstić information content (AvgIpc) is 2.39. The molecule has 1 aromatic rings. The Balaban J connectivity index is 1.96. The Bertz CT molecular complexity index is 467. The van der Waals surface area contributed by atoms with Gasteiger partial charge in [-0.2, -0.15) is 0 Å². The number of hydrogen-bond donors (Lipinski definition) is 2. The van der Waals surface area contributed by atoms with Crippen molar-refractivity contribution in [3.63, 3.8) is 0 Å². The van der Waals surface area contributed by atoms with Gasteiger partial charge in [0.1, 0.15) is 0 Å². The topological polar surface area (TPSA) is 41.1 Å². The molecule has 110 valence electrons. The molecule has 0 spiro atoms. The summed E-state index contributed by atoms with van der Waals surface area (Å²) in [5.74, 6) is 0.117. The van der Waals surface area contributed by atoms with Crippen LogP contribution < -0.4 is 10.6 Å². The van der Waals surface area contributed by atoms with Crippen molar-refractivity contribution in [2.24, 2.45) is 5.41 Å². The lowest BCUT2D eigenvalue weighted by Gasteiger charge is -2.29. The summed E-state index contributed by atoms with van der Waals surface area (Å²) in [5.41, 5.74) is 0.668. The summed E-state index contributed by atoms with van der Waals surface area (Å²) in [5, 5.41) is 7.19. The SMILES string of the molecule is CC(C)(Cc1cccc(Cl)c1)C(=O)NC1CCCNC1. The van der Waals surface area contributed by atoms with Crippen LogP contribution in [0.15, 0.2) is 24.3 Å². The molecule has 3 nitrogen and oxygen atoms in total. The van der Waals surface area contributed by atoms with E-state index >= 15 is 0 Å². The molecule has 1 saturated heterocycles. The first-order valence-corrected chi connectivity index (χ1v) is 7.61. The van der Waals surface area contributed by atoms with Gasteiger partial charge in [-0.05, 0) is 43.5 Å². The fourth-order valence-electron chi connectivity index (χ4n) is 2.59. The molecule has 20 heavy (non-hydrogen) atoms. The van der Waals surface area contributed by atoms with Crippen molar-refractivity contribution in [2.75, 3.05) is 13.1 Å². The maximum atomic E-state index is 12.5. The van der Waals surface area contributed by atoms with Crippen LogP contribution in [0.4, 0.5) is 0 Å². The Kier molecular flexibility index (Phi) is 5.06. The van der Waals surface area contributed by atoms with Crippen LogP contribution in [-0.4, -0.2) is 25.0 Å². The lowest BCUT2D eigenvalue weighted by molar-refractivity contribution is -0.130.